The van der Waals surface area contributed by atoms with Gasteiger partial charge >= 0.3 is 0 Å². The summed E-state index contributed by atoms with van der Waals surface area (Å²) < 4.78 is 5.77. The van der Waals surface area contributed by atoms with Crippen LogP contribution in [0.25, 0.3) is 0 Å². The molecule has 1 aromatic carbocycles. The second-order valence-corrected chi connectivity index (χ2v) is 5.03. The molecule has 0 atom stereocenters. The minimum atomic E-state index is 0.0581. The maximum Gasteiger partial charge on any atom is 0.186 e. The van der Waals surface area contributed by atoms with Gasteiger partial charge in [-0.3, -0.25) is 4.79 Å². The van der Waals surface area contributed by atoms with E-state index in [1.807, 2.05) is 6.07 Å². The summed E-state index contributed by atoms with van der Waals surface area (Å²) in [5.41, 5.74) is 9.65. The number of hydrogen-bond acceptors (Lipinski definition) is 4. The molecule has 2 aliphatic rings. The lowest BCUT2D eigenvalue weighted by Crippen LogP contribution is -2.37. The van der Waals surface area contributed by atoms with Crippen LogP contribution >= 0.6 is 0 Å². The van der Waals surface area contributed by atoms with E-state index >= 15 is 0 Å². The van der Waals surface area contributed by atoms with Crippen LogP contribution < -0.4 is 10.5 Å². The Balaban J connectivity index is 1.90. The van der Waals surface area contributed by atoms with E-state index < -0.39 is 0 Å². The zero-order valence-electron chi connectivity index (χ0n) is 11.1. The molecular weight excluding hydrogens is 240 g/mol. The third-order valence-electron chi connectivity index (χ3n) is 3.83. The summed E-state index contributed by atoms with van der Waals surface area (Å²) in [6.07, 6.45) is 1.48. The van der Waals surface area contributed by atoms with Crippen molar-refractivity contribution in [1.29, 1.82) is 0 Å². The van der Waals surface area contributed by atoms with Crippen LogP contribution in [0.1, 0.15) is 24.5 Å². The van der Waals surface area contributed by atoms with Gasteiger partial charge in [0.05, 0.1) is 18.7 Å². The Morgan fingerprint density at radius 3 is 2.95 bits per heavy atom. The predicted octanol–water partition coefficient (Wildman–Crippen LogP) is 1.59. The highest BCUT2D eigenvalue weighted by Gasteiger charge is 2.30. The van der Waals surface area contributed by atoms with Crippen molar-refractivity contribution in [2.45, 2.75) is 26.3 Å². The molecule has 19 heavy (non-hydrogen) atoms. The van der Waals surface area contributed by atoms with E-state index in [4.69, 9.17) is 10.5 Å². The lowest BCUT2D eigenvalue weighted by atomic mass is 9.97. The zero-order chi connectivity index (χ0) is 13.4. The molecule has 0 aromatic heterocycles. The number of benzene rings is 1. The monoisotopic (exact) mass is 258 g/mol. The van der Waals surface area contributed by atoms with Crippen LogP contribution in [-0.4, -0.2) is 23.8 Å². The van der Waals surface area contributed by atoms with Crippen molar-refractivity contribution < 1.29 is 9.53 Å². The highest BCUT2D eigenvalue weighted by molar-refractivity contribution is 6.03. The number of aryl methyl sites for hydroxylation is 1. The van der Waals surface area contributed by atoms with Crippen LogP contribution in [0, 0.1) is 0 Å². The Bertz CT molecular complexity index is 563. The molecule has 1 aliphatic carbocycles. The average molecular weight is 258 g/mol. The summed E-state index contributed by atoms with van der Waals surface area (Å²) in [7, 11) is 0. The highest BCUT2D eigenvalue weighted by Crippen LogP contribution is 2.30. The van der Waals surface area contributed by atoms with Crippen molar-refractivity contribution in [2.75, 3.05) is 13.2 Å². The van der Waals surface area contributed by atoms with E-state index in [0.29, 0.717) is 18.7 Å². The Morgan fingerprint density at radius 2 is 2.26 bits per heavy atom. The van der Waals surface area contributed by atoms with Gasteiger partial charge in [-0.05, 0) is 18.1 Å². The third kappa shape index (κ3) is 2.07. The van der Waals surface area contributed by atoms with Gasteiger partial charge in [-0.25, -0.2) is 0 Å². The molecule has 4 nitrogen and oxygen atoms in total. The maximum absolute atomic E-state index is 11.3. The summed E-state index contributed by atoms with van der Waals surface area (Å²) in [4.78, 5) is 13.4. The maximum atomic E-state index is 11.3. The van der Waals surface area contributed by atoms with E-state index in [1.54, 1.807) is 0 Å². The highest BCUT2D eigenvalue weighted by atomic mass is 16.5. The number of ether oxygens (including phenoxy) is 1. The molecule has 0 amide bonds. The lowest BCUT2D eigenvalue weighted by Gasteiger charge is -2.31. The van der Waals surface area contributed by atoms with Crippen molar-refractivity contribution >= 4 is 5.78 Å². The second-order valence-electron chi connectivity index (χ2n) is 5.03. The topological polar surface area (TPSA) is 55.6 Å². The molecule has 0 saturated heterocycles. The van der Waals surface area contributed by atoms with Crippen LogP contribution in [0.5, 0.6) is 5.75 Å². The molecule has 0 spiro atoms. The van der Waals surface area contributed by atoms with Crippen LogP contribution in [0.15, 0.2) is 29.6 Å². The van der Waals surface area contributed by atoms with E-state index in [1.165, 1.54) is 11.1 Å². The molecule has 1 heterocycles. The molecule has 0 bridgehead atoms. The van der Waals surface area contributed by atoms with E-state index in [-0.39, 0.29) is 5.78 Å². The van der Waals surface area contributed by atoms with Gasteiger partial charge in [0.1, 0.15) is 12.4 Å². The largest absolute Gasteiger partial charge is 0.491 e. The average Bonchev–Trinajstić information content (AvgIpc) is 2.64. The van der Waals surface area contributed by atoms with E-state index in [0.717, 1.165) is 31.0 Å². The Hall–Kier alpha value is -1.97. The lowest BCUT2D eigenvalue weighted by molar-refractivity contribution is -0.117. The zero-order valence-corrected chi connectivity index (χ0v) is 11.1. The number of Topliss-reactive ketones (excluding diaryl/α,β-unsaturated/α-hetero) is 1. The number of rotatable bonds is 2. The molecule has 0 radical (unpaired) electrons. The first-order valence-electron chi connectivity index (χ1n) is 6.70. The smallest absolute Gasteiger partial charge is 0.186 e. The van der Waals surface area contributed by atoms with Crippen molar-refractivity contribution in [3.63, 3.8) is 0 Å². The standard InChI is InChI=1S/C15H18N2O2/c1-2-10-3-4-14-11(7-10)9-17(5-6-19-14)12-8-13(18)15(12)16/h3-4,7H,2,5-6,8-9,16H2,1H3. The van der Waals surface area contributed by atoms with Gasteiger partial charge < -0.3 is 15.4 Å². The number of nitrogens with zero attached hydrogens (tertiary/aromatic N) is 1. The summed E-state index contributed by atoms with van der Waals surface area (Å²) in [6, 6.07) is 6.33. The van der Waals surface area contributed by atoms with Crippen LogP contribution in [0.2, 0.25) is 0 Å². The number of allylic oxidation sites excluding steroid dienone is 2. The first-order valence-corrected chi connectivity index (χ1v) is 6.70. The fourth-order valence-corrected chi connectivity index (χ4v) is 2.58. The van der Waals surface area contributed by atoms with Gasteiger partial charge in [0.2, 0.25) is 0 Å². The number of carbonyl (C=O) groups excluding carboxylic acids is 1. The number of hydrogen-bond donors (Lipinski definition) is 1. The van der Waals surface area contributed by atoms with Crippen molar-refractivity contribution in [2.24, 2.45) is 5.73 Å². The molecule has 0 saturated carbocycles. The molecule has 1 aliphatic heterocycles. The summed E-state index contributed by atoms with van der Waals surface area (Å²) >= 11 is 0. The quantitative estimate of drug-likeness (QED) is 0.875. The fourth-order valence-electron chi connectivity index (χ4n) is 2.58. The van der Waals surface area contributed by atoms with Gasteiger partial charge in [0.15, 0.2) is 5.78 Å². The van der Waals surface area contributed by atoms with Gasteiger partial charge in [0, 0.05) is 17.8 Å². The molecule has 100 valence electrons. The van der Waals surface area contributed by atoms with E-state index in [9.17, 15) is 4.79 Å². The van der Waals surface area contributed by atoms with Crippen LogP contribution in [0.4, 0.5) is 0 Å². The fraction of sp³-hybridized carbons (Fsp3) is 0.400. The van der Waals surface area contributed by atoms with Crippen molar-refractivity contribution in [3.8, 4) is 5.75 Å². The minimum absolute atomic E-state index is 0.0581. The normalized spacial score (nSPS) is 18.6. The molecule has 4 heteroatoms. The third-order valence-corrected chi connectivity index (χ3v) is 3.83. The Labute approximate surface area is 112 Å². The number of nitrogens with two attached hydrogens (primary N) is 1. The minimum Gasteiger partial charge on any atom is -0.491 e. The van der Waals surface area contributed by atoms with Gasteiger partial charge in [0.25, 0.3) is 0 Å². The summed E-state index contributed by atoms with van der Waals surface area (Å²) in [5, 5.41) is 0. The predicted molar refractivity (Wildman–Crippen MR) is 72.6 cm³/mol. The van der Waals surface area contributed by atoms with Gasteiger partial charge in [-0.15, -0.1) is 0 Å². The number of fused-ring (bicyclic) bond motifs is 1. The summed E-state index contributed by atoms with van der Waals surface area (Å²) in [6.45, 7) is 4.32. The van der Waals surface area contributed by atoms with E-state index in [2.05, 4.69) is 24.0 Å². The molecule has 1 aromatic rings. The Morgan fingerprint density at radius 1 is 1.42 bits per heavy atom. The molecule has 0 unspecified atom stereocenters. The van der Waals surface area contributed by atoms with Gasteiger partial charge in [-0.2, -0.15) is 0 Å². The number of carbonyl (C=O) groups is 1. The number of ketones is 1. The van der Waals surface area contributed by atoms with Crippen LogP contribution in [-0.2, 0) is 17.8 Å². The first kappa shape index (κ1) is 12.1. The first-order chi connectivity index (χ1) is 9.19. The molecule has 0 fully saturated rings. The summed E-state index contributed by atoms with van der Waals surface area (Å²) in [5.74, 6) is 1.01. The van der Waals surface area contributed by atoms with Crippen molar-refractivity contribution in [3.05, 3.63) is 40.7 Å². The molecule has 2 N–H and O–H groups in total. The van der Waals surface area contributed by atoms with Crippen molar-refractivity contribution in [1.82, 2.24) is 4.90 Å². The molecule has 3 rings (SSSR count). The second kappa shape index (κ2) is 4.61. The van der Waals surface area contributed by atoms with Crippen LogP contribution in [0.3, 0.4) is 0 Å². The van der Waals surface area contributed by atoms with Gasteiger partial charge in [-0.1, -0.05) is 19.1 Å². The Kier molecular flexibility index (Phi) is 2.93. The molecular formula is C15H18N2O2. The SMILES string of the molecule is CCc1ccc2c(c1)CN(C1=C(N)C(=O)C1)CCO2.